The van der Waals surface area contributed by atoms with Crippen LogP contribution in [0.5, 0.6) is 0 Å². The van der Waals surface area contributed by atoms with Crippen LogP contribution in [0, 0.1) is 0 Å². The van der Waals surface area contributed by atoms with Gasteiger partial charge in [0.25, 0.3) is 0 Å². The van der Waals surface area contributed by atoms with Crippen molar-refractivity contribution in [3.05, 3.63) is 11.6 Å². The molecule has 0 aromatic heterocycles. The highest BCUT2D eigenvalue weighted by Gasteiger charge is 1.98. The van der Waals surface area contributed by atoms with Crippen LogP contribution in [0.15, 0.2) is 11.6 Å². The summed E-state index contributed by atoms with van der Waals surface area (Å²) >= 11 is 1.58. The number of hydrogen-bond acceptors (Lipinski definition) is 3. The van der Waals surface area contributed by atoms with E-state index >= 15 is 0 Å². The Kier molecular flexibility index (Phi) is 1.03. The Morgan fingerprint density at radius 3 is 2.83 bits per heavy atom. The summed E-state index contributed by atoms with van der Waals surface area (Å²) in [5, 5.41) is 4.81. The van der Waals surface area contributed by atoms with E-state index in [9.17, 15) is 0 Å². The Hall–Kier alpha value is -0.150. The topological polar surface area (TPSA) is 38.0 Å². The molecule has 3 N–H and O–H groups in total. The summed E-state index contributed by atoms with van der Waals surface area (Å²) in [4.78, 5) is 0. The van der Waals surface area contributed by atoms with Gasteiger partial charge < -0.3 is 11.1 Å². The molecule has 2 nitrogen and oxygen atoms in total. The minimum atomic E-state index is 0.102. The van der Waals surface area contributed by atoms with Crippen LogP contribution >= 0.6 is 11.8 Å². The Morgan fingerprint density at radius 2 is 2.67 bits per heavy atom. The largest absolute Gasteiger partial charge is 0.367 e. The second kappa shape index (κ2) is 1.53. The molecule has 0 aromatic rings. The van der Waals surface area contributed by atoms with Crippen LogP contribution in [-0.4, -0.2) is 5.50 Å². The first-order chi connectivity index (χ1) is 2.89. The normalized spacial score (nSPS) is 30.5. The van der Waals surface area contributed by atoms with Crippen molar-refractivity contribution < 1.29 is 0 Å². The molecule has 0 amide bonds. The number of hydrogen-bond donors (Lipinski definition) is 2. The summed E-state index contributed by atoms with van der Waals surface area (Å²) < 4.78 is 0. The van der Waals surface area contributed by atoms with E-state index in [0.29, 0.717) is 0 Å². The summed E-state index contributed by atoms with van der Waals surface area (Å²) in [6.07, 6.45) is 1.84. The van der Waals surface area contributed by atoms with Crippen LogP contribution in [0.3, 0.4) is 0 Å². The summed E-state index contributed by atoms with van der Waals surface area (Å²) in [6, 6.07) is 0. The van der Waals surface area contributed by atoms with Gasteiger partial charge in [0.15, 0.2) is 0 Å². The Morgan fingerprint density at radius 1 is 1.83 bits per heavy atom. The van der Waals surface area contributed by atoms with Gasteiger partial charge in [-0.2, -0.15) is 0 Å². The second-order valence-electron chi connectivity index (χ2n) is 1.03. The van der Waals surface area contributed by atoms with E-state index in [2.05, 4.69) is 5.32 Å². The highest BCUT2D eigenvalue weighted by molar-refractivity contribution is 8.02. The van der Waals surface area contributed by atoms with Crippen LogP contribution < -0.4 is 11.1 Å². The van der Waals surface area contributed by atoms with Crippen molar-refractivity contribution >= 4 is 11.8 Å². The van der Waals surface area contributed by atoms with E-state index in [1.54, 1.807) is 11.8 Å². The third-order valence-electron chi connectivity index (χ3n) is 0.554. The van der Waals surface area contributed by atoms with Crippen molar-refractivity contribution in [3.8, 4) is 0 Å². The molecule has 0 aromatic carbocycles. The molecule has 34 valence electrons. The van der Waals surface area contributed by atoms with E-state index in [1.165, 1.54) is 0 Å². The van der Waals surface area contributed by atoms with Crippen LogP contribution in [0.2, 0.25) is 0 Å². The summed E-state index contributed by atoms with van der Waals surface area (Å²) in [5.74, 6) is 0. The molecule has 3 heteroatoms. The van der Waals surface area contributed by atoms with E-state index in [0.717, 1.165) is 0 Å². The van der Waals surface area contributed by atoms with Crippen molar-refractivity contribution in [2.75, 3.05) is 0 Å². The minimum Gasteiger partial charge on any atom is -0.367 e. The van der Waals surface area contributed by atoms with Crippen molar-refractivity contribution in [2.45, 2.75) is 5.50 Å². The van der Waals surface area contributed by atoms with Crippen molar-refractivity contribution in [1.82, 2.24) is 5.32 Å². The van der Waals surface area contributed by atoms with Crippen LogP contribution in [0.25, 0.3) is 0 Å². The summed E-state index contributed by atoms with van der Waals surface area (Å²) in [7, 11) is 0. The van der Waals surface area contributed by atoms with E-state index < -0.39 is 0 Å². The van der Waals surface area contributed by atoms with Gasteiger partial charge in [-0.3, -0.25) is 0 Å². The second-order valence-corrected chi connectivity index (χ2v) is 2.08. The zero-order chi connectivity index (χ0) is 4.41. The first-order valence-corrected chi connectivity index (χ1v) is 2.66. The van der Waals surface area contributed by atoms with Crippen LogP contribution in [0.1, 0.15) is 0 Å². The molecule has 1 aliphatic rings. The predicted molar refractivity (Wildman–Crippen MR) is 27.8 cm³/mol. The third-order valence-corrected chi connectivity index (χ3v) is 1.28. The SMILES string of the molecule is N[C@@H]1NC=CS1. The zero-order valence-electron chi connectivity index (χ0n) is 3.22. The monoisotopic (exact) mass is 102 g/mol. The fraction of sp³-hybridized carbons (Fsp3) is 0.333. The predicted octanol–water partition coefficient (Wildman–Crippen LogP) is 0.0363. The van der Waals surface area contributed by atoms with Gasteiger partial charge >= 0.3 is 0 Å². The maximum Gasteiger partial charge on any atom is 0.126 e. The molecule has 1 atom stereocenters. The lowest BCUT2D eigenvalue weighted by Crippen LogP contribution is -2.25. The molecule has 1 aliphatic heterocycles. The molecule has 0 saturated heterocycles. The molecule has 0 bridgehead atoms. The van der Waals surface area contributed by atoms with Gasteiger partial charge in [0, 0.05) is 6.20 Å². The van der Waals surface area contributed by atoms with E-state index in [-0.39, 0.29) is 5.50 Å². The van der Waals surface area contributed by atoms with Gasteiger partial charge in [-0.05, 0) is 5.41 Å². The first-order valence-electron chi connectivity index (χ1n) is 1.72. The van der Waals surface area contributed by atoms with Gasteiger partial charge in [0.1, 0.15) is 5.50 Å². The number of nitrogens with two attached hydrogens (primary N) is 1. The smallest absolute Gasteiger partial charge is 0.126 e. The standard InChI is InChI=1S/C3H6N2S/c4-3-5-1-2-6-3/h1-3,5H,4H2/t3-/m1/s1. The molecular formula is C3H6N2S. The lowest BCUT2D eigenvalue weighted by molar-refractivity contribution is 0.837. The molecule has 0 radical (unpaired) electrons. The first kappa shape index (κ1) is 4.02. The van der Waals surface area contributed by atoms with Gasteiger partial charge in [0.05, 0.1) is 0 Å². The van der Waals surface area contributed by atoms with Gasteiger partial charge in [-0.15, -0.1) is 0 Å². The lowest BCUT2D eigenvalue weighted by Gasteiger charge is -1.96. The van der Waals surface area contributed by atoms with Gasteiger partial charge in [-0.25, -0.2) is 0 Å². The van der Waals surface area contributed by atoms with Crippen molar-refractivity contribution in [3.63, 3.8) is 0 Å². The molecule has 0 spiro atoms. The summed E-state index contributed by atoms with van der Waals surface area (Å²) in [6.45, 7) is 0. The number of rotatable bonds is 0. The molecule has 6 heavy (non-hydrogen) atoms. The van der Waals surface area contributed by atoms with E-state index in [1.807, 2.05) is 11.6 Å². The van der Waals surface area contributed by atoms with Crippen molar-refractivity contribution in [2.24, 2.45) is 5.73 Å². The highest BCUT2D eigenvalue weighted by atomic mass is 32.2. The van der Waals surface area contributed by atoms with Gasteiger partial charge in [0.2, 0.25) is 0 Å². The molecule has 0 fully saturated rings. The summed E-state index contributed by atoms with van der Waals surface area (Å²) in [5.41, 5.74) is 5.43. The number of thioether (sulfide) groups is 1. The Labute approximate surface area is 40.8 Å². The maximum absolute atomic E-state index is 5.32. The van der Waals surface area contributed by atoms with E-state index in [4.69, 9.17) is 5.73 Å². The zero-order valence-corrected chi connectivity index (χ0v) is 4.03. The molecule has 1 rings (SSSR count). The molecule has 0 aliphatic carbocycles. The minimum absolute atomic E-state index is 0.102. The quantitative estimate of drug-likeness (QED) is 0.453. The average molecular weight is 102 g/mol. The highest BCUT2D eigenvalue weighted by Crippen LogP contribution is 2.08. The molecule has 0 saturated carbocycles. The Bertz CT molecular complexity index is 63.2. The number of nitrogens with one attached hydrogen (secondary N) is 1. The van der Waals surface area contributed by atoms with Gasteiger partial charge in [-0.1, -0.05) is 11.8 Å². The lowest BCUT2D eigenvalue weighted by atomic mass is 10.9. The van der Waals surface area contributed by atoms with Crippen LogP contribution in [-0.2, 0) is 0 Å². The Balaban J connectivity index is 2.32. The average Bonchev–Trinajstić information content (AvgIpc) is 1.86. The molecular weight excluding hydrogens is 96.1 g/mol. The fourth-order valence-corrected chi connectivity index (χ4v) is 0.781. The molecule has 1 heterocycles. The molecule has 0 unspecified atom stereocenters. The third kappa shape index (κ3) is 0.666. The maximum atomic E-state index is 5.32. The van der Waals surface area contributed by atoms with Crippen LogP contribution in [0.4, 0.5) is 0 Å². The fourth-order valence-electron chi connectivity index (χ4n) is 0.297. The van der Waals surface area contributed by atoms with Crippen molar-refractivity contribution in [1.29, 1.82) is 0 Å².